The number of hydrogen-bond donors (Lipinski definition) is 4. The number of hydrogen-bond acceptors (Lipinski definition) is 8. The van der Waals surface area contributed by atoms with Gasteiger partial charge in [-0.3, -0.25) is 4.72 Å². The van der Waals surface area contributed by atoms with Crippen LogP contribution >= 0.6 is 0 Å². The maximum Gasteiger partial charge on any atom is 0.335 e. The minimum absolute atomic E-state index is 0.00420. The number of aromatic carboxylic acids is 1. The van der Waals surface area contributed by atoms with E-state index in [0.717, 1.165) is 12.5 Å². The standard InChI is InChI=1S/C19H18FN5O5S/c1-30-16-8-7-11(18(26)27)9-15(16)23-19-21-10-12(20)17(24-19)22-13-5-3-4-6-14(13)25-31(2,28)29/h3-10,25H,1-2H3,(H,26,27)(H2,21,22,23,24). The Morgan fingerprint density at radius 3 is 2.45 bits per heavy atom. The van der Waals surface area contributed by atoms with E-state index >= 15 is 0 Å². The van der Waals surface area contributed by atoms with E-state index in [1.54, 1.807) is 18.2 Å². The number of ether oxygens (including phenoxy) is 1. The van der Waals surface area contributed by atoms with Crippen LogP contribution in [0.2, 0.25) is 0 Å². The van der Waals surface area contributed by atoms with Gasteiger partial charge >= 0.3 is 5.97 Å². The molecule has 0 atom stereocenters. The van der Waals surface area contributed by atoms with E-state index in [-0.39, 0.29) is 34.4 Å². The Bertz CT molecular complexity index is 1240. The summed E-state index contributed by atoms with van der Waals surface area (Å²) in [6.07, 6.45) is 1.91. The molecule has 4 N–H and O–H groups in total. The zero-order valence-electron chi connectivity index (χ0n) is 16.4. The Kier molecular flexibility index (Phi) is 6.20. The van der Waals surface area contributed by atoms with E-state index in [4.69, 9.17) is 4.74 Å². The number of benzene rings is 2. The number of para-hydroxylation sites is 2. The van der Waals surface area contributed by atoms with Crippen molar-refractivity contribution >= 4 is 44.8 Å². The summed E-state index contributed by atoms with van der Waals surface area (Å²) in [6.45, 7) is 0. The second kappa shape index (κ2) is 8.83. The number of nitrogens with zero attached hydrogens (tertiary/aromatic N) is 2. The summed E-state index contributed by atoms with van der Waals surface area (Å²) in [6, 6.07) is 10.5. The number of carbonyl (C=O) groups is 1. The van der Waals surface area contributed by atoms with Crippen LogP contribution in [0.1, 0.15) is 10.4 Å². The lowest BCUT2D eigenvalue weighted by Crippen LogP contribution is -2.11. The summed E-state index contributed by atoms with van der Waals surface area (Å²) in [5.41, 5.74) is 0.735. The van der Waals surface area contributed by atoms with Gasteiger partial charge in [0.1, 0.15) is 5.75 Å². The third kappa shape index (κ3) is 5.57. The van der Waals surface area contributed by atoms with Crippen LogP contribution in [0.15, 0.2) is 48.7 Å². The lowest BCUT2D eigenvalue weighted by Gasteiger charge is -2.14. The molecule has 0 amide bonds. The molecule has 1 heterocycles. The highest BCUT2D eigenvalue weighted by molar-refractivity contribution is 7.92. The average Bonchev–Trinajstić information content (AvgIpc) is 2.70. The van der Waals surface area contributed by atoms with Crippen molar-refractivity contribution in [3.63, 3.8) is 0 Å². The molecular formula is C19H18FN5O5S. The number of aromatic nitrogens is 2. The maximum atomic E-state index is 14.3. The van der Waals surface area contributed by atoms with Crippen molar-refractivity contribution in [2.75, 3.05) is 28.7 Å². The predicted molar refractivity (Wildman–Crippen MR) is 113 cm³/mol. The largest absolute Gasteiger partial charge is 0.495 e. The fourth-order valence-electron chi connectivity index (χ4n) is 2.58. The number of rotatable bonds is 8. The van der Waals surface area contributed by atoms with Gasteiger partial charge < -0.3 is 20.5 Å². The normalized spacial score (nSPS) is 10.9. The number of halogens is 1. The summed E-state index contributed by atoms with van der Waals surface area (Å²) < 4.78 is 45.0. The first-order valence-corrected chi connectivity index (χ1v) is 10.6. The van der Waals surface area contributed by atoms with Gasteiger partial charge in [-0.25, -0.2) is 22.6 Å². The van der Waals surface area contributed by atoms with Crippen molar-refractivity contribution in [1.82, 2.24) is 9.97 Å². The molecule has 2 aromatic carbocycles. The summed E-state index contributed by atoms with van der Waals surface area (Å²) >= 11 is 0. The number of carboxylic acids is 1. The molecule has 0 bridgehead atoms. The molecule has 31 heavy (non-hydrogen) atoms. The topological polar surface area (TPSA) is 143 Å². The number of nitrogens with one attached hydrogen (secondary N) is 3. The molecule has 0 unspecified atom stereocenters. The Hall–Kier alpha value is -3.93. The van der Waals surface area contributed by atoms with Crippen LogP contribution in [0, 0.1) is 5.82 Å². The molecule has 0 spiro atoms. The van der Waals surface area contributed by atoms with E-state index in [2.05, 4.69) is 25.3 Å². The van der Waals surface area contributed by atoms with Gasteiger partial charge in [0.05, 0.1) is 42.2 Å². The van der Waals surface area contributed by atoms with Crippen molar-refractivity contribution in [2.24, 2.45) is 0 Å². The van der Waals surface area contributed by atoms with Crippen LogP contribution in [0.4, 0.5) is 33.2 Å². The van der Waals surface area contributed by atoms with Crippen LogP contribution in [0.5, 0.6) is 5.75 Å². The second-order valence-electron chi connectivity index (χ2n) is 6.28. The first-order chi connectivity index (χ1) is 14.7. The van der Waals surface area contributed by atoms with Gasteiger partial charge in [0.25, 0.3) is 0 Å². The van der Waals surface area contributed by atoms with E-state index < -0.39 is 21.8 Å². The molecule has 0 aliphatic heterocycles. The molecular weight excluding hydrogens is 429 g/mol. The second-order valence-corrected chi connectivity index (χ2v) is 8.03. The predicted octanol–water partition coefficient (Wildman–Crippen LogP) is 3.18. The molecule has 0 aliphatic rings. The quantitative estimate of drug-likeness (QED) is 0.409. The Balaban J connectivity index is 1.92. The summed E-state index contributed by atoms with van der Waals surface area (Å²) in [5, 5.41) is 14.7. The molecule has 3 aromatic rings. The monoisotopic (exact) mass is 447 g/mol. The zero-order chi connectivity index (χ0) is 22.6. The highest BCUT2D eigenvalue weighted by atomic mass is 32.2. The number of methoxy groups -OCH3 is 1. The summed E-state index contributed by atoms with van der Waals surface area (Å²) in [4.78, 5) is 19.1. The average molecular weight is 447 g/mol. The molecule has 3 rings (SSSR count). The fourth-order valence-corrected chi connectivity index (χ4v) is 3.16. The van der Waals surface area contributed by atoms with E-state index in [1.165, 1.54) is 31.4 Å². The molecule has 0 saturated heterocycles. The Morgan fingerprint density at radius 2 is 1.81 bits per heavy atom. The minimum atomic E-state index is -3.56. The van der Waals surface area contributed by atoms with Gasteiger partial charge in [0.2, 0.25) is 16.0 Å². The SMILES string of the molecule is COc1ccc(C(=O)O)cc1Nc1ncc(F)c(Nc2ccccc2NS(C)(=O)=O)n1. The van der Waals surface area contributed by atoms with Crippen molar-refractivity contribution in [3.8, 4) is 5.75 Å². The van der Waals surface area contributed by atoms with Crippen LogP contribution < -0.4 is 20.1 Å². The van der Waals surface area contributed by atoms with Crippen molar-refractivity contribution < 1.29 is 27.4 Å². The smallest absolute Gasteiger partial charge is 0.335 e. The summed E-state index contributed by atoms with van der Waals surface area (Å²) in [5.74, 6) is -1.86. The Morgan fingerprint density at radius 1 is 1.10 bits per heavy atom. The van der Waals surface area contributed by atoms with Crippen LogP contribution in [0.25, 0.3) is 0 Å². The van der Waals surface area contributed by atoms with E-state index in [9.17, 15) is 22.7 Å². The molecule has 12 heteroatoms. The molecule has 0 aliphatic carbocycles. The van der Waals surface area contributed by atoms with Gasteiger partial charge in [-0.15, -0.1) is 0 Å². The lowest BCUT2D eigenvalue weighted by atomic mass is 10.2. The maximum absolute atomic E-state index is 14.3. The number of carboxylic acid groups (broad SMARTS) is 1. The molecule has 0 saturated carbocycles. The zero-order valence-corrected chi connectivity index (χ0v) is 17.2. The van der Waals surface area contributed by atoms with Crippen LogP contribution in [-0.2, 0) is 10.0 Å². The van der Waals surface area contributed by atoms with Crippen molar-refractivity contribution in [1.29, 1.82) is 0 Å². The minimum Gasteiger partial charge on any atom is -0.495 e. The van der Waals surface area contributed by atoms with Gasteiger partial charge in [-0.2, -0.15) is 4.98 Å². The van der Waals surface area contributed by atoms with E-state index in [1.807, 2.05) is 0 Å². The molecule has 162 valence electrons. The van der Waals surface area contributed by atoms with Gasteiger partial charge in [-0.05, 0) is 30.3 Å². The fraction of sp³-hybridized carbons (Fsp3) is 0.105. The van der Waals surface area contributed by atoms with Crippen LogP contribution in [0.3, 0.4) is 0 Å². The van der Waals surface area contributed by atoms with E-state index in [0.29, 0.717) is 5.75 Å². The summed E-state index contributed by atoms with van der Waals surface area (Å²) in [7, 11) is -2.15. The Labute approximate surface area is 177 Å². The molecule has 0 fully saturated rings. The third-order valence-electron chi connectivity index (χ3n) is 3.91. The molecule has 10 nitrogen and oxygen atoms in total. The first kappa shape index (κ1) is 21.8. The van der Waals surface area contributed by atoms with Gasteiger partial charge in [-0.1, -0.05) is 12.1 Å². The number of sulfonamides is 1. The van der Waals surface area contributed by atoms with Crippen molar-refractivity contribution in [2.45, 2.75) is 0 Å². The van der Waals surface area contributed by atoms with Gasteiger partial charge in [0, 0.05) is 0 Å². The molecule has 1 aromatic heterocycles. The lowest BCUT2D eigenvalue weighted by molar-refractivity contribution is 0.0697. The van der Waals surface area contributed by atoms with Crippen LogP contribution in [-0.4, -0.2) is 42.8 Å². The van der Waals surface area contributed by atoms with Gasteiger partial charge in [0.15, 0.2) is 11.6 Å². The highest BCUT2D eigenvalue weighted by Gasteiger charge is 2.14. The third-order valence-corrected chi connectivity index (χ3v) is 4.50. The first-order valence-electron chi connectivity index (χ1n) is 8.71. The highest BCUT2D eigenvalue weighted by Crippen LogP contribution is 2.30. The van der Waals surface area contributed by atoms with Crippen molar-refractivity contribution in [3.05, 3.63) is 60.0 Å². The molecule has 0 radical (unpaired) electrons. The number of anilines is 5.